The Bertz CT molecular complexity index is 1580. The van der Waals surface area contributed by atoms with Crippen LogP contribution in [-0.2, 0) is 6.54 Å². The molecule has 8 nitrogen and oxygen atoms in total. The average molecular weight is 478 g/mol. The zero-order valence-corrected chi connectivity index (χ0v) is 18.5. The lowest BCUT2D eigenvalue weighted by Crippen LogP contribution is -2.21. The number of carbonyl (C=O) groups is 2. The van der Waals surface area contributed by atoms with Gasteiger partial charge in [0, 0.05) is 27.8 Å². The number of rotatable bonds is 5. The lowest BCUT2D eigenvalue weighted by molar-refractivity contribution is 0.0996. The van der Waals surface area contributed by atoms with Gasteiger partial charge < -0.3 is 11.5 Å². The van der Waals surface area contributed by atoms with Crippen molar-refractivity contribution >= 4 is 22.7 Å². The number of amides is 2. The summed E-state index contributed by atoms with van der Waals surface area (Å²) in [6, 6.07) is 7.35. The van der Waals surface area contributed by atoms with E-state index in [2.05, 4.69) is 10.1 Å². The van der Waals surface area contributed by atoms with Crippen LogP contribution in [0.25, 0.3) is 22.0 Å². The lowest BCUT2D eigenvalue weighted by Gasteiger charge is -2.15. The summed E-state index contributed by atoms with van der Waals surface area (Å²) in [5.74, 6) is -4.70. The molecule has 0 aliphatic carbocycles. The summed E-state index contributed by atoms with van der Waals surface area (Å²) < 4.78 is 45.0. The molecule has 2 heterocycles. The highest BCUT2D eigenvalue weighted by atomic mass is 19.1. The van der Waals surface area contributed by atoms with E-state index in [9.17, 15) is 22.8 Å². The fraction of sp³-hybridized carbons (Fsp3) is 0.125. The van der Waals surface area contributed by atoms with Gasteiger partial charge in [0.2, 0.25) is 5.91 Å². The summed E-state index contributed by atoms with van der Waals surface area (Å²) in [7, 11) is 0. The number of aromatic nitrogens is 3. The van der Waals surface area contributed by atoms with Gasteiger partial charge in [0.25, 0.3) is 5.91 Å². The van der Waals surface area contributed by atoms with Gasteiger partial charge in [-0.05, 0) is 38.1 Å². The number of primary amides is 2. The van der Waals surface area contributed by atoms with Crippen LogP contribution >= 0.6 is 0 Å². The topological polar surface area (TPSA) is 141 Å². The number of aryl methyl sites for hydroxylation is 1. The number of nitrogens with two attached hydrogens (primary N) is 2. The van der Waals surface area contributed by atoms with E-state index < -0.39 is 29.3 Å². The number of fused-ring (bicyclic) bond motifs is 1. The van der Waals surface area contributed by atoms with E-state index in [4.69, 9.17) is 16.7 Å². The van der Waals surface area contributed by atoms with E-state index in [0.29, 0.717) is 0 Å². The molecule has 4 rings (SSSR count). The molecule has 0 spiro atoms. The quantitative estimate of drug-likeness (QED) is 0.453. The van der Waals surface area contributed by atoms with Crippen molar-refractivity contribution in [1.82, 2.24) is 14.8 Å². The summed E-state index contributed by atoms with van der Waals surface area (Å²) in [6.07, 6.45) is 0. The van der Waals surface area contributed by atoms with Crippen LogP contribution in [0, 0.1) is 42.6 Å². The Hall–Kier alpha value is -4.72. The van der Waals surface area contributed by atoms with Crippen LogP contribution in [0.1, 0.15) is 43.4 Å². The molecule has 0 fully saturated rings. The maximum atomic E-state index is 14.8. The average Bonchev–Trinajstić information content (AvgIpc) is 3.07. The van der Waals surface area contributed by atoms with Crippen LogP contribution in [0.4, 0.5) is 13.2 Å². The summed E-state index contributed by atoms with van der Waals surface area (Å²) in [6.45, 7) is 2.70. The highest BCUT2D eigenvalue weighted by molar-refractivity contribution is 6.15. The van der Waals surface area contributed by atoms with Crippen molar-refractivity contribution < 1.29 is 22.8 Å². The fourth-order valence-electron chi connectivity index (χ4n) is 4.12. The summed E-state index contributed by atoms with van der Waals surface area (Å²) in [4.78, 5) is 29.0. The summed E-state index contributed by atoms with van der Waals surface area (Å²) in [5.41, 5.74) is 10.6. The van der Waals surface area contributed by atoms with Crippen molar-refractivity contribution in [1.29, 1.82) is 5.26 Å². The Kier molecular flexibility index (Phi) is 5.74. The highest BCUT2D eigenvalue weighted by Crippen LogP contribution is 2.37. The molecule has 2 aromatic heterocycles. The lowest BCUT2D eigenvalue weighted by atomic mass is 9.92. The van der Waals surface area contributed by atoms with Gasteiger partial charge in [0.15, 0.2) is 0 Å². The summed E-state index contributed by atoms with van der Waals surface area (Å²) in [5, 5.41) is 13.0. The molecule has 4 aromatic rings. The molecule has 0 unspecified atom stereocenters. The second kappa shape index (κ2) is 8.57. The van der Waals surface area contributed by atoms with Crippen molar-refractivity contribution in [3.05, 3.63) is 81.6 Å². The van der Waals surface area contributed by atoms with E-state index in [1.54, 1.807) is 6.07 Å². The van der Waals surface area contributed by atoms with Gasteiger partial charge in [-0.25, -0.2) is 18.2 Å². The molecule has 0 bridgehead atoms. The first kappa shape index (κ1) is 23.4. The predicted molar refractivity (Wildman–Crippen MR) is 120 cm³/mol. The minimum atomic E-state index is -1.03. The van der Waals surface area contributed by atoms with Crippen LogP contribution < -0.4 is 11.5 Å². The van der Waals surface area contributed by atoms with Crippen LogP contribution in [0.5, 0.6) is 0 Å². The first-order chi connectivity index (χ1) is 16.5. The second-order valence-electron chi connectivity index (χ2n) is 7.81. The molecule has 0 atom stereocenters. The zero-order valence-electron chi connectivity index (χ0n) is 18.5. The molecule has 0 aliphatic rings. The Labute approximate surface area is 196 Å². The molecule has 2 aromatic carbocycles. The number of halogens is 3. The number of nitriles is 1. The zero-order chi connectivity index (χ0) is 25.6. The van der Waals surface area contributed by atoms with Crippen molar-refractivity contribution in [2.24, 2.45) is 11.5 Å². The maximum Gasteiger partial charge on any atom is 0.267 e. The smallest absolute Gasteiger partial charge is 0.267 e. The predicted octanol–water partition coefficient (Wildman–Crippen LogP) is 3.25. The number of benzene rings is 2. The van der Waals surface area contributed by atoms with E-state index in [-0.39, 0.29) is 62.3 Å². The van der Waals surface area contributed by atoms with E-state index >= 15 is 0 Å². The van der Waals surface area contributed by atoms with Gasteiger partial charge in [0.05, 0.1) is 35.0 Å². The van der Waals surface area contributed by atoms with Crippen molar-refractivity contribution in [2.75, 3.05) is 0 Å². The van der Waals surface area contributed by atoms with Crippen LogP contribution in [0.15, 0.2) is 30.3 Å². The van der Waals surface area contributed by atoms with E-state index in [0.717, 1.165) is 18.2 Å². The van der Waals surface area contributed by atoms with Gasteiger partial charge in [-0.1, -0.05) is 6.07 Å². The third kappa shape index (κ3) is 3.85. The van der Waals surface area contributed by atoms with Crippen molar-refractivity contribution in [3.63, 3.8) is 0 Å². The second-order valence-corrected chi connectivity index (χ2v) is 7.81. The van der Waals surface area contributed by atoms with Crippen LogP contribution in [0.2, 0.25) is 0 Å². The molecule has 35 heavy (non-hydrogen) atoms. The third-order valence-corrected chi connectivity index (χ3v) is 5.65. The van der Waals surface area contributed by atoms with Crippen molar-refractivity contribution in [3.8, 4) is 17.2 Å². The Morgan fingerprint density at radius 2 is 1.69 bits per heavy atom. The van der Waals surface area contributed by atoms with Crippen LogP contribution in [0.3, 0.4) is 0 Å². The highest BCUT2D eigenvalue weighted by Gasteiger charge is 2.29. The van der Waals surface area contributed by atoms with Gasteiger partial charge in [-0.3, -0.25) is 14.3 Å². The SMILES string of the molecule is Cc1nn(Cc2c(F)cc(C#N)cc2F)c(C)c1-c1c(C(N)=O)nc2cccc(F)c2c1C(N)=O. The van der Waals surface area contributed by atoms with E-state index in [1.807, 2.05) is 0 Å². The molecular formula is C24H17F3N6O2. The Balaban J connectivity index is 2.01. The molecule has 0 saturated carbocycles. The molecular weight excluding hydrogens is 461 g/mol. The fourth-order valence-corrected chi connectivity index (χ4v) is 4.12. The first-order valence-electron chi connectivity index (χ1n) is 10.2. The Morgan fingerprint density at radius 3 is 2.26 bits per heavy atom. The van der Waals surface area contributed by atoms with Crippen LogP contribution in [-0.4, -0.2) is 26.6 Å². The monoisotopic (exact) mass is 478 g/mol. The first-order valence-corrected chi connectivity index (χ1v) is 10.2. The Morgan fingerprint density at radius 1 is 1.03 bits per heavy atom. The molecule has 0 saturated heterocycles. The van der Waals surface area contributed by atoms with Gasteiger partial charge >= 0.3 is 0 Å². The van der Waals surface area contributed by atoms with E-state index in [1.165, 1.54) is 30.7 Å². The number of pyridine rings is 1. The van der Waals surface area contributed by atoms with Crippen molar-refractivity contribution in [2.45, 2.75) is 20.4 Å². The normalized spacial score (nSPS) is 11.0. The molecule has 0 radical (unpaired) electrons. The third-order valence-electron chi connectivity index (χ3n) is 5.65. The molecule has 0 aliphatic heterocycles. The summed E-state index contributed by atoms with van der Waals surface area (Å²) >= 11 is 0. The van der Waals surface area contributed by atoms with Gasteiger partial charge in [0.1, 0.15) is 23.1 Å². The molecule has 11 heteroatoms. The number of nitrogens with zero attached hydrogens (tertiary/aromatic N) is 4. The maximum absolute atomic E-state index is 14.8. The number of hydrogen-bond donors (Lipinski definition) is 2. The molecule has 176 valence electrons. The minimum absolute atomic E-state index is 0.000715. The van der Waals surface area contributed by atoms with Gasteiger partial charge in [-0.2, -0.15) is 10.4 Å². The standard InChI is InChI=1S/C24H17F3N6O2/c1-10-18(11(2)33(32-10)9-13-15(26)6-12(8-28)7-16(13)27)20-21(23(29)34)19-14(25)4-3-5-17(19)31-22(20)24(30)35/h3-7H,9H2,1-2H3,(H2,29,34)(H2,30,35). The molecule has 2 amide bonds. The van der Waals surface area contributed by atoms with Gasteiger partial charge in [-0.15, -0.1) is 0 Å². The number of carbonyl (C=O) groups excluding carboxylic acids is 2. The largest absolute Gasteiger partial charge is 0.366 e. The molecule has 4 N–H and O–H groups in total. The number of hydrogen-bond acceptors (Lipinski definition) is 5. The minimum Gasteiger partial charge on any atom is -0.366 e.